The number of para-hydroxylation sites is 3. The van der Waals surface area contributed by atoms with Crippen LogP contribution in [-0.2, 0) is 13.5 Å². The third kappa shape index (κ3) is 9.72. The second kappa shape index (κ2) is 17.1. The van der Waals surface area contributed by atoms with Crippen LogP contribution in [0.1, 0.15) is 112 Å². The summed E-state index contributed by atoms with van der Waals surface area (Å²) in [5.41, 5.74) is 11.0. The van der Waals surface area contributed by atoms with Crippen LogP contribution >= 0.6 is 19.4 Å². The quantitative estimate of drug-likeness (QED) is 0.125. The summed E-state index contributed by atoms with van der Waals surface area (Å²) >= 11 is -1.83. The monoisotopic (exact) mass is 759 g/mol. The minimum absolute atomic E-state index is 0.508. The number of aryl methyl sites for hydroxylation is 1. The molecule has 1 heterocycles. The molecule has 47 heavy (non-hydrogen) atoms. The van der Waals surface area contributed by atoms with E-state index in [4.69, 9.17) is 24.1 Å². The van der Waals surface area contributed by atoms with Crippen LogP contribution in [0, 0.1) is 13.6 Å². The fourth-order valence-corrected chi connectivity index (χ4v) is 7.89. The predicted octanol–water partition coefficient (Wildman–Crippen LogP) is 12.5. The van der Waals surface area contributed by atoms with Gasteiger partial charge in [-0.1, -0.05) is 91.3 Å². The van der Waals surface area contributed by atoms with Gasteiger partial charge in [0.15, 0.2) is 0 Å². The standard InChI is InChI=1S/C28H41N2.C13H10O.2ClH.Ru/c1-18(2)23-11-10-12-24(19(3)4)27(23)29-13-14-30(17-29)28-25(20(5)6)15-22(9)16-26(28)21(7)8;1-11-7-5-6-10-13(11)14-12-8-3-2-4-9-12;;;/h10-12,15-21H,13-14H2,1-9H3;1-10H;2*1H;/q-1;;;;+2/p-2. The van der Waals surface area contributed by atoms with E-state index in [-0.39, 0.29) is 0 Å². The predicted molar refractivity (Wildman–Crippen MR) is 203 cm³/mol. The van der Waals surface area contributed by atoms with Gasteiger partial charge >= 0.3 is 114 Å². The molecule has 254 valence electrons. The molecular weight excluding hydrogens is 708 g/mol. The zero-order valence-corrected chi connectivity index (χ0v) is 32.6. The van der Waals surface area contributed by atoms with E-state index in [1.165, 1.54) is 39.2 Å². The van der Waals surface area contributed by atoms with E-state index in [0.29, 0.717) is 23.7 Å². The van der Waals surface area contributed by atoms with E-state index in [9.17, 15) is 0 Å². The van der Waals surface area contributed by atoms with E-state index >= 15 is 0 Å². The molecule has 1 fully saturated rings. The normalized spacial score (nSPS) is 13.4. The number of rotatable bonds is 9. The molecule has 0 N–H and O–H groups in total. The Morgan fingerprint density at radius 2 is 1.11 bits per heavy atom. The first-order valence-corrected chi connectivity index (χ1v) is 22.2. The van der Waals surface area contributed by atoms with E-state index < -0.39 is 13.5 Å². The third-order valence-electron chi connectivity index (χ3n) is 8.41. The van der Waals surface area contributed by atoms with Gasteiger partial charge in [-0.15, -0.1) is 0 Å². The number of halogens is 2. The molecule has 0 bridgehead atoms. The van der Waals surface area contributed by atoms with Gasteiger partial charge in [-0.2, -0.15) is 6.67 Å². The topological polar surface area (TPSA) is 15.7 Å². The molecule has 0 saturated carbocycles. The van der Waals surface area contributed by atoms with Crippen LogP contribution in [-0.4, -0.2) is 17.7 Å². The van der Waals surface area contributed by atoms with Crippen molar-refractivity contribution in [2.24, 2.45) is 0 Å². The number of ether oxygens (including phenoxy) is 1. The number of hydrogen-bond donors (Lipinski definition) is 0. The second-order valence-corrected chi connectivity index (χ2v) is 19.2. The van der Waals surface area contributed by atoms with E-state index in [1.807, 2.05) is 59.2 Å². The molecule has 0 aromatic heterocycles. The Morgan fingerprint density at radius 1 is 0.638 bits per heavy atom. The van der Waals surface area contributed by atoms with Crippen LogP contribution in [0.15, 0.2) is 84.9 Å². The fourth-order valence-electron chi connectivity index (χ4n) is 6.09. The summed E-state index contributed by atoms with van der Waals surface area (Å²) in [6.07, 6.45) is 0. The summed E-state index contributed by atoms with van der Waals surface area (Å²) in [6, 6.07) is 29.0. The molecule has 4 aromatic rings. The van der Waals surface area contributed by atoms with Gasteiger partial charge in [0.2, 0.25) is 0 Å². The first kappa shape index (κ1) is 37.2. The van der Waals surface area contributed by atoms with Gasteiger partial charge in [-0.25, -0.2) is 0 Å². The van der Waals surface area contributed by atoms with Gasteiger partial charge in [-0.3, -0.25) is 0 Å². The molecule has 1 saturated heterocycles. The number of benzene rings is 4. The maximum absolute atomic E-state index is 5.88. The Hall–Kier alpha value is -2.65. The summed E-state index contributed by atoms with van der Waals surface area (Å²) < 4.78 is 7.67. The fraction of sp³-hybridized carbons (Fsp3) is 0.366. The molecule has 6 heteroatoms. The molecular formula is C41H51Cl2N2ORu-. The second-order valence-electron chi connectivity index (χ2n) is 13.5. The summed E-state index contributed by atoms with van der Waals surface area (Å²) in [5, 5.41) is 0. The Labute approximate surface area is 297 Å². The SMILES string of the molecule is Cc1cc(C(C)C)c(N2[CH-]N(c3c(C(C)C)cccc3C(C)C)CC2)c(C(C)C)c1.[Cl][Ru]([Cl])=[CH]c1ccccc1Oc1ccccc1. The van der Waals surface area contributed by atoms with Crippen LogP contribution in [0.5, 0.6) is 11.5 Å². The van der Waals surface area contributed by atoms with Gasteiger partial charge in [0, 0.05) is 24.5 Å². The zero-order chi connectivity index (χ0) is 34.2. The van der Waals surface area contributed by atoms with Crippen molar-refractivity contribution in [2.75, 3.05) is 22.9 Å². The van der Waals surface area contributed by atoms with Crippen LogP contribution < -0.4 is 14.5 Å². The van der Waals surface area contributed by atoms with Crippen molar-refractivity contribution in [2.45, 2.75) is 86.0 Å². The molecule has 1 aliphatic heterocycles. The maximum atomic E-state index is 5.88. The van der Waals surface area contributed by atoms with Crippen molar-refractivity contribution < 1.29 is 18.3 Å². The molecule has 0 spiro atoms. The molecule has 0 aliphatic carbocycles. The third-order valence-corrected chi connectivity index (χ3v) is 10.2. The van der Waals surface area contributed by atoms with Crippen LogP contribution in [0.4, 0.5) is 11.4 Å². The van der Waals surface area contributed by atoms with Crippen molar-refractivity contribution in [1.29, 1.82) is 0 Å². The average molecular weight is 760 g/mol. The number of anilines is 2. The van der Waals surface area contributed by atoms with Crippen molar-refractivity contribution >= 4 is 35.4 Å². The molecule has 0 amide bonds. The number of nitrogens with zero attached hydrogens (tertiary/aromatic N) is 2. The van der Waals surface area contributed by atoms with Crippen molar-refractivity contribution in [3.05, 3.63) is 125 Å². The average Bonchev–Trinajstić information content (AvgIpc) is 3.51. The van der Waals surface area contributed by atoms with Gasteiger partial charge in [-0.05, 0) is 52.8 Å². The summed E-state index contributed by atoms with van der Waals surface area (Å²) in [5.74, 6) is 3.62. The van der Waals surface area contributed by atoms with Gasteiger partial charge in [0.1, 0.15) is 0 Å². The molecule has 4 aromatic carbocycles. The van der Waals surface area contributed by atoms with E-state index in [2.05, 4.69) is 109 Å². The Kier molecular flexibility index (Phi) is 13.6. The Balaban J connectivity index is 0.000000248. The molecule has 0 unspecified atom stereocenters. The van der Waals surface area contributed by atoms with Gasteiger partial charge < -0.3 is 9.80 Å². The first-order chi connectivity index (χ1) is 22.4. The summed E-state index contributed by atoms with van der Waals surface area (Å²) in [6.45, 7) is 25.2. The van der Waals surface area contributed by atoms with Crippen LogP contribution in [0.25, 0.3) is 0 Å². The molecule has 0 radical (unpaired) electrons. The molecule has 1 aliphatic rings. The van der Waals surface area contributed by atoms with Gasteiger partial charge in [0.05, 0.1) is 0 Å². The van der Waals surface area contributed by atoms with Crippen molar-refractivity contribution in [1.82, 2.24) is 0 Å². The molecule has 5 rings (SSSR count). The summed E-state index contributed by atoms with van der Waals surface area (Å²) in [7, 11) is 11.8. The van der Waals surface area contributed by atoms with E-state index in [1.54, 1.807) is 0 Å². The van der Waals surface area contributed by atoms with Crippen LogP contribution in [0.2, 0.25) is 0 Å². The number of hydrogen-bond acceptors (Lipinski definition) is 3. The first-order valence-electron chi connectivity index (χ1n) is 16.7. The molecule has 3 nitrogen and oxygen atoms in total. The Bertz CT molecular complexity index is 1590. The van der Waals surface area contributed by atoms with Crippen molar-refractivity contribution in [3.8, 4) is 11.5 Å². The zero-order valence-electron chi connectivity index (χ0n) is 29.4. The van der Waals surface area contributed by atoms with E-state index in [0.717, 1.165) is 30.2 Å². The van der Waals surface area contributed by atoms with Crippen molar-refractivity contribution in [3.63, 3.8) is 0 Å². The summed E-state index contributed by atoms with van der Waals surface area (Å²) in [4.78, 5) is 5.03. The minimum atomic E-state index is -1.83. The van der Waals surface area contributed by atoms with Crippen LogP contribution in [0.3, 0.4) is 0 Å². The van der Waals surface area contributed by atoms with Gasteiger partial charge in [0.25, 0.3) is 0 Å². The Morgan fingerprint density at radius 3 is 1.60 bits per heavy atom. The molecule has 0 atom stereocenters.